The van der Waals surface area contributed by atoms with E-state index in [-0.39, 0.29) is 12.0 Å². The minimum Gasteiger partial charge on any atom is -0.391 e. The average molecular weight is 322 g/mol. The summed E-state index contributed by atoms with van der Waals surface area (Å²) in [7, 11) is 0. The Morgan fingerprint density at radius 3 is 2.59 bits per heavy atom. The lowest BCUT2D eigenvalue weighted by Crippen LogP contribution is -2.53. The number of nitrogens with zero attached hydrogens (tertiary/aromatic N) is 2. The maximum atomic E-state index is 12.6. The van der Waals surface area contributed by atoms with Crippen molar-refractivity contribution in [3.05, 3.63) is 21.4 Å². The molecule has 1 saturated carbocycles. The number of hydrogen-bond acceptors (Lipinski definition) is 4. The van der Waals surface area contributed by atoms with Gasteiger partial charge in [-0.15, -0.1) is 11.3 Å². The molecule has 22 heavy (non-hydrogen) atoms. The van der Waals surface area contributed by atoms with Crippen LogP contribution in [-0.2, 0) is 6.42 Å². The predicted octanol–water partition coefficient (Wildman–Crippen LogP) is 2.29. The Morgan fingerprint density at radius 1 is 1.32 bits per heavy atom. The molecule has 2 heterocycles. The molecule has 1 aromatic rings. The van der Waals surface area contributed by atoms with Crippen molar-refractivity contribution in [1.29, 1.82) is 0 Å². The number of piperazine rings is 1. The van der Waals surface area contributed by atoms with Gasteiger partial charge < -0.3 is 10.0 Å². The van der Waals surface area contributed by atoms with Crippen LogP contribution in [-0.4, -0.2) is 59.1 Å². The van der Waals surface area contributed by atoms with E-state index in [2.05, 4.69) is 24.8 Å². The second-order valence-electron chi connectivity index (χ2n) is 6.44. The highest BCUT2D eigenvalue weighted by molar-refractivity contribution is 7.14. The van der Waals surface area contributed by atoms with Crippen molar-refractivity contribution >= 4 is 17.2 Å². The van der Waals surface area contributed by atoms with E-state index in [9.17, 15) is 9.90 Å². The molecule has 122 valence electrons. The van der Waals surface area contributed by atoms with Crippen molar-refractivity contribution < 1.29 is 9.90 Å². The Bertz CT molecular complexity index is 535. The molecule has 0 aromatic carbocycles. The zero-order chi connectivity index (χ0) is 15.7. The van der Waals surface area contributed by atoms with E-state index in [1.165, 1.54) is 10.4 Å². The van der Waals surface area contributed by atoms with Gasteiger partial charge in [0.15, 0.2) is 0 Å². The Balaban J connectivity index is 1.59. The van der Waals surface area contributed by atoms with Gasteiger partial charge in [0.2, 0.25) is 0 Å². The van der Waals surface area contributed by atoms with Crippen LogP contribution in [0.4, 0.5) is 0 Å². The summed E-state index contributed by atoms with van der Waals surface area (Å²) >= 11 is 1.62. The van der Waals surface area contributed by atoms with E-state index in [0.717, 1.165) is 56.7 Å². The molecule has 1 saturated heterocycles. The van der Waals surface area contributed by atoms with Crippen molar-refractivity contribution in [2.45, 2.75) is 51.7 Å². The molecular weight excluding hydrogens is 296 g/mol. The van der Waals surface area contributed by atoms with Crippen molar-refractivity contribution in [2.24, 2.45) is 0 Å². The van der Waals surface area contributed by atoms with Crippen LogP contribution in [0.2, 0.25) is 0 Å². The number of rotatable bonds is 3. The third-order valence-electron chi connectivity index (χ3n) is 5.13. The summed E-state index contributed by atoms with van der Waals surface area (Å²) in [6, 6.07) is 2.38. The number of aryl methyl sites for hydroxylation is 2. The highest BCUT2D eigenvalue weighted by Gasteiger charge is 2.33. The number of thiophene rings is 1. The Hall–Kier alpha value is -0.910. The molecule has 1 aliphatic carbocycles. The molecule has 1 aromatic heterocycles. The minimum atomic E-state index is -0.172. The molecule has 3 rings (SSSR count). The van der Waals surface area contributed by atoms with Crippen LogP contribution in [0, 0.1) is 6.92 Å². The maximum Gasteiger partial charge on any atom is 0.264 e. The van der Waals surface area contributed by atoms with Gasteiger partial charge in [0.25, 0.3) is 5.91 Å². The van der Waals surface area contributed by atoms with Gasteiger partial charge in [-0.05, 0) is 44.2 Å². The third kappa shape index (κ3) is 3.07. The second-order valence-corrected chi connectivity index (χ2v) is 7.70. The van der Waals surface area contributed by atoms with Crippen molar-refractivity contribution in [3.8, 4) is 0 Å². The summed E-state index contributed by atoms with van der Waals surface area (Å²) in [4.78, 5) is 19.1. The first-order valence-corrected chi connectivity index (χ1v) is 9.22. The van der Waals surface area contributed by atoms with E-state index < -0.39 is 0 Å². The summed E-state index contributed by atoms with van der Waals surface area (Å²) in [6.45, 7) is 7.56. The van der Waals surface area contributed by atoms with Crippen LogP contribution in [0.15, 0.2) is 6.07 Å². The molecule has 0 unspecified atom stereocenters. The molecule has 2 atom stereocenters. The van der Waals surface area contributed by atoms with Crippen LogP contribution >= 0.6 is 11.3 Å². The zero-order valence-corrected chi connectivity index (χ0v) is 14.4. The lowest BCUT2D eigenvalue weighted by molar-refractivity contribution is 0.0318. The maximum absolute atomic E-state index is 12.6. The van der Waals surface area contributed by atoms with Gasteiger partial charge in [-0.3, -0.25) is 9.69 Å². The van der Waals surface area contributed by atoms with Gasteiger partial charge in [0.05, 0.1) is 11.0 Å². The topological polar surface area (TPSA) is 43.8 Å². The Kier molecular flexibility index (Phi) is 4.85. The van der Waals surface area contributed by atoms with E-state index >= 15 is 0 Å². The Labute approximate surface area is 136 Å². The lowest BCUT2D eigenvalue weighted by atomic mass is 10.1. The molecule has 1 N–H and O–H groups in total. The summed E-state index contributed by atoms with van der Waals surface area (Å²) in [5, 5.41) is 10.0. The fourth-order valence-electron chi connectivity index (χ4n) is 3.74. The van der Waals surface area contributed by atoms with Gasteiger partial charge in [-0.1, -0.05) is 6.92 Å². The summed E-state index contributed by atoms with van der Waals surface area (Å²) in [5.41, 5.74) is 1.29. The van der Waals surface area contributed by atoms with Crippen LogP contribution in [0.3, 0.4) is 0 Å². The van der Waals surface area contributed by atoms with Crippen molar-refractivity contribution in [3.63, 3.8) is 0 Å². The first-order valence-electron chi connectivity index (χ1n) is 8.41. The molecule has 1 aliphatic heterocycles. The number of aliphatic hydroxyl groups excluding tert-OH is 1. The van der Waals surface area contributed by atoms with Crippen LogP contribution < -0.4 is 0 Å². The first kappa shape index (κ1) is 16.0. The van der Waals surface area contributed by atoms with Gasteiger partial charge in [0.1, 0.15) is 0 Å². The van der Waals surface area contributed by atoms with E-state index in [1.807, 2.05) is 4.90 Å². The predicted molar refractivity (Wildman–Crippen MR) is 89.6 cm³/mol. The number of amides is 1. The van der Waals surface area contributed by atoms with E-state index in [1.54, 1.807) is 11.3 Å². The van der Waals surface area contributed by atoms with Gasteiger partial charge >= 0.3 is 0 Å². The molecule has 4 nitrogen and oxygen atoms in total. The molecule has 1 amide bonds. The van der Waals surface area contributed by atoms with Crippen molar-refractivity contribution in [1.82, 2.24) is 9.80 Å². The molecule has 5 heteroatoms. The molecule has 0 radical (unpaired) electrons. The van der Waals surface area contributed by atoms with Crippen molar-refractivity contribution in [2.75, 3.05) is 26.2 Å². The third-order valence-corrected chi connectivity index (χ3v) is 6.21. The number of carbonyl (C=O) groups excluding carboxylic acids is 1. The summed E-state index contributed by atoms with van der Waals surface area (Å²) in [6.07, 6.45) is 3.97. The minimum absolute atomic E-state index is 0.172. The normalized spacial score (nSPS) is 26.6. The number of carbonyl (C=O) groups is 1. The van der Waals surface area contributed by atoms with Gasteiger partial charge in [0, 0.05) is 37.1 Å². The highest BCUT2D eigenvalue weighted by Crippen LogP contribution is 2.27. The lowest BCUT2D eigenvalue weighted by Gasteiger charge is -2.39. The van der Waals surface area contributed by atoms with E-state index in [4.69, 9.17) is 0 Å². The fourth-order valence-corrected chi connectivity index (χ4v) is 4.82. The van der Waals surface area contributed by atoms with Crippen LogP contribution in [0.1, 0.15) is 46.3 Å². The standard InChI is InChI=1S/C17H26N2O2S/c1-3-13-11-16(22-12(13)2)17(21)19-9-7-18(8-10-19)14-5-4-6-15(14)20/h11,14-15,20H,3-10H2,1-2H3/t14-,15+/m1/s1. The first-order chi connectivity index (χ1) is 10.6. The molecule has 2 fully saturated rings. The zero-order valence-electron chi connectivity index (χ0n) is 13.5. The number of hydrogen-bond donors (Lipinski definition) is 1. The SMILES string of the molecule is CCc1cc(C(=O)N2CCN([C@@H]3CCC[C@@H]3O)CC2)sc1C. The highest BCUT2D eigenvalue weighted by atomic mass is 32.1. The monoisotopic (exact) mass is 322 g/mol. The van der Waals surface area contributed by atoms with Gasteiger partial charge in [-0.25, -0.2) is 0 Å². The molecular formula is C17H26N2O2S. The largest absolute Gasteiger partial charge is 0.391 e. The smallest absolute Gasteiger partial charge is 0.264 e. The summed E-state index contributed by atoms with van der Waals surface area (Å²) < 4.78 is 0. The molecule has 2 aliphatic rings. The fraction of sp³-hybridized carbons (Fsp3) is 0.706. The average Bonchev–Trinajstić information content (AvgIpc) is 3.12. The molecule has 0 spiro atoms. The van der Waals surface area contributed by atoms with Crippen LogP contribution in [0.25, 0.3) is 0 Å². The van der Waals surface area contributed by atoms with E-state index in [0.29, 0.717) is 6.04 Å². The number of aliphatic hydroxyl groups is 1. The quantitative estimate of drug-likeness (QED) is 0.928. The van der Waals surface area contributed by atoms with Gasteiger partial charge in [-0.2, -0.15) is 0 Å². The second kappa shape index (κ2) is 6.69. The summed E-state index contributed by atoms with van der Waals surface area (Å²) in [5.74, 6) is 0.180. The van der Waals surface area contributed by atoms with Crippen LogP contribution in [0.5, 0.6) is 0 Å². The Morgan fingerprint density at radius 2 is 2.05 bits per heavy atom. The molecule has 0 bridgehead atoms.